The van der Waals surface area contributed by atoms with Gasteiger partial charge in [0.2, 0.25) is 5.90 Å². The van der Waals surface area contributed by atoms with E-state index >= 15 is 0 Å². The highest BCUT2D eigenvalue weighted by molar-refractivity contribution is 5.73. The predicted molar refractivity (Wildman–Crippen MR) is 20.5 cm³/mol. The van der Waals surface area contributed by atoms with Gasteiger partial charge in [0.1, 0.15) is 0 Å². The summed E-state index contributed by atoms with van der Waals surface area (Å²) >= 11 is 0. The van der Waals surface area contributed by atoms with E-state index in [1.807, 2.05) is 0 Å². The van der Waals surface area contributed by atoms with Gasteiger partial charge in [-0.25, -0.2) is 5.53 Å². The van der Waals surface area contributed by atoms with E-state index in [0.29, 0.717) is 5.90 Å². The Hall–Kier alpha value is -0.770. The highest BCUT2D eigenvalue weighted by Crippen LogP contribution is 1.77. The van der Waals surface area contributed by atoms with Gasteiger partial charge >= 0.3 is 0 Å². The summed E-state index contributed by atoms with van der Waals surface area (Å²) in [6, 6.07) is 0. The summed E-state index contributed by atoms with van der Waals surface area (Å²) in [5, 5.41) is 3.57. The third kappa shape index (κ3) is 0.414. The van der Waals surface area contributed by atoms with Gasteiger partial charge in [0.15, 0.2) is 0 Å². The first-order valence-corrected chi connectivity index (χ1v) is 1.61. The smallest absolute Gasteiger partial charge is 0.231 e. The summed E-state index contributed by atoms with van der Waals surface area (Å²) in [5.74, 6) is 0.606. The molecule has 0 aromatic carbocycles. The van der Waals surface area contributed by atoms with Crippen LogP contribution in [0.1, 0.15) is 6.92 Å². The number of hydrazine groups is 1. The zero-order chi connectivity index (χ0) is 4.41. The molecule has 0 amide bonds. The first-order chi connectivity index (χ1) is 2.89. The molecule has 1 heterocycles. The van der Waals surface area contributed by atoms with Gasteiger partial charge in [-0.1, -0.05) is 0 Å². The Kier molecular flexibility index (Phi) is 0.648. The van der Waals surface area contributed by atoms with Gasteiger partial charge in [-0.3, -0.25) is 0 Å². The average Bonchev–Trinajstić information content (AvgIpc) is 1.86. The normalized spacial score (nSPS) is 18.5. The minimum atomic E-state index is 0.606. The number of hydrogen-bond acceptors (Lipinski definition) is 4. The minimum Gasteiger partial charge on any atom is -0.371 e. The number of nitrogens with one attached hydrogen (secondary N) is 2. The molecule has 0 radical (unpaired) electrons. The second-order valence-electron chi connectivity index (χ2n) is 0.947. The maximum absolute atomic E-state index is 4.54. The Bertz CT molecular complexity index is 78.9. The Morgan fingerprint density at radius 1 is 1.83 bits per heavy atom. The van der Waals surface area contributed by atoms with Crippen molar-refractivity contribution in [2.24, 2.45) is 5.10 Å². The number of rotatable bonds is 0. The lowest BCUT2D eigenvalue weighted by atomic mass is 10.8. The molecule has 4 nitrogen and oxygen atoms in total. The van der Waals surface area contributed by atoms with Gasteiger partial charge in [-0.2, -0.15) is 0 Å². The lowest BCUT2D eigenvalue weighted by molar-refractivity contribution is 0.172. The lowest BCUT2D eigenvalue weighted by Crippen LogP contribution is -2.18. The van der Waals surface area contributed by atoms with Crippen LogP contribution in [0.25, 0.3) is 0 Å². The van der Waals surface area contributed by atoms with Crippen molar-refractivity contribution in [3.63, 3.8) is 0 Å². The third-order valence-electron chi connectivity index (χ3n) is 0.458. The zero-order valence-corrected chi connectivity index (χ0v) is 3.36. The van der Waals surface area contributed by atoms with Crippen molar-refractivity contribution in [2.75, 3.05) is 0 Å². The highest BCUT2D eigenvalue weighted by atomic mass is 16.7. The van der Waals surface area contributed by atoms with Crippen LogP contribution in [0.3, 0.4) is 0 Å². The molecule has 0 aromatic rings. The van der Waals surface area contributed by atoms with Crippen LogP contribution in [-0.4, -0.2) is 5.90 Å². The Labute approximate surface area is 35.1 Å². The molecule has 0 aromatic heterocycles. The molecular formula is C2H5N3O. The van der Waals surface area contributed by atoms with Crippen LogP contribution in [0.5, 0.6) is 0 Å². The fourth-order valence-corrected chi connectivity index (χ4v) is 0.221. The standard InChI is InChI=1S/C2H5N3O/c1-2-3-4-5-6-2/h4-5H,1H3. The van der Waals surface area contributed by atoms with Gasteiger partial charge < -0.3 is 4.84 Å². The molecule has 0 saturated carbocycles. The number of hydrazone groups is 1. The summed E-state index contributed by atoms with van der Waals surface area (Å²) in [7, 11) is 0. The van der Waals surface area contributed by atoms with Crippen LogP contribution >= 0.6 is 0 Å². The van der Waals surface area contributed by atoms with Gasteiger partial charge in [-0.05, 0) is 5.59 Å². The van der Waals surface area contributed by atoms with E-state index in [-0.39, 0.29) is 0 Å². The fourth-order valence-electron chi connectivity index (χ4n) is 0.221. The van der Waals surface area contributed by atoms with Crippen molar-refractivity contribution < 1.29 is 4.84 Å². The van der Waals surface area contributed by atoms with E-state index in [4.69, 9.17) is 0 Å². The maximum atomic E-state index is 4.54. The van der Waals surface area contributed by atoms with Crippen molar-refractivity contribution in [2.45, 2.75) is 6.92 Å². The summed E-state index contributed by atoms with van der Waals surface area (Å²) in [4.78, 5) is 4.54. The average molecular weight is 87.1 g/mol. The van der Waals surface area contributed by atoms with E-state index in [2.05, 4.69) is 21.1 Å². The molecule has 1 aliphatic rings. The summed E-state index contributed by atoms with van der Waals surface area (Å²) in [6.45, 7) is 1.74. The monoisotopic (exact) mass is 87.0 g/mol. The van der Waals surface area contributed by atoms with Crippen LogP contribution in [0.2, 0.25) is 0 Å². The number of hydrogen-bond donors (Lipinski definition) is 2. The van der Waals surface area contributed by atoms with Crippen molar-refractivity contribution in [3.8, 4) is 0 Å². The minimum absolute atomic E-state index is 0.606. The Morgan fingerprint density at radius 2 is 2.67 bits per heavy atom. The summed E-state index contributed by atoms with van der Waals surface area (Å²) in [6.07, 6.45) is 0. The van der Waals surface area contributed by atoms with Crippen molar-refractivity contribution >= 4 is 5.90 Å². The van der Waals surface area contributed by atoms with E-state index in [1.54, 1.807) is 6.92 Å². The highest BCUT2D eigenvalue weighted by Gasteiger charge is 1.94. The quantitative estimate of drug-likeness (QED) is 0.413. The zero-order valence-electron chi connectivity index (χ0n) is 3.36. The molecule has 4 heteroatoms. The molecule has 34 valence electrons. The molecule has 0 bridgehead atoms. The molecule has 0 spiro atoms. The Morgan fingerprint density at radius 3 is 2.83 bits per heavy atom. The molecule has 1 aliphatic heterocycles. The van der Waals surface area contributed by atoms with Crippen LogP contribution in [-0.2, 0) is 4.84 Å². The first-order valence-electron chi connectivity index (χ1n) is 1.61. The van der Waals surface area contributed by atoms with Gasteiger partial charge in [0, 0.05) is 6.92 Å². The van der Waals surface area contributed by atoms with Gasteiger partial charge in [0.25, 0.3) is 0 Å². The van der Waals surface area contributed by atoms with Crippen LogP contribution in [0, 0.1) is 0 Å². The van der Waals surface area contributed by atoms with Gasteiger partial charge in [-0.15, -0.1) is 5.10 Å². The molecule has 0 aliphatic carbocycles. The molecule has 0 atom stereocenters. The largest absolute Gasteiger partial charge is 0.371 e. The van der Waals surface area contributed by atoms with Crippen LogP contribution in [0.4, 0.5) is 0 Å². The van der Waals surface area contributed by atoms with Crippen LogP contribution < -0.4 is 11.1 Å². The summed E-state index contributed by atoms with van der Waals surface area (Å²) < 4.78 is 0. The molecule has 2 N–H and O–H groups in total. The topological polar surface area (TPSA) is 45.7 Å². The molecule has 1 rings (SSSR count). The molecule has 0 unspecified atom stereocenters. The van der Waals surface area contributed by atoms with Crippen LogP contribution in [0.15, 0.2) is 5.10 Å². The van der Waals surface area contributed by atoms with Crippen molar-refractivity contribution in [1.82, 2.24) is 11.1 Å². The molecule has 0 fully saturated rings. The Balaban J connectivity index is 2.45. The summed E-state index contributed by atoms with van der Waals surface area (Å²) in [5.41, 5.74) is 4.71. The van der Waals surface area contributed by atoms with E-state index in [0.717, 1.165) is 0 Å². The second-order valence-corrected chi connectivity index (χ2v) is 0.947. The number of nitrogens with zero attached hydrogens (tertiary/aromatic N) is 1. The first kappa shape index (κ1) is 3.42. The molecular weight excluding hydrogens is 82.0 g/mol. The van der Waals surface area contributed by atoms with Crippen molar-refractivity contribution in [1.29, 1.82) is 0 Å². The lowest BCUT2D eigenvalue weighted by Gasteiger charge is -1.85. The van der Waals surface area contributed by atoms with E-state index in [1.165, 1.54) is 0 Å². The van der Waals surface area contributed by atoms with E-state index < -0.39 is 0 Å². The molecule has 0 saturated heterocycles. The van der Waals surface area contributed by atoms with Gasteiger partial charge in [0.05, 0.1) is 0 Å². The van der Waals surface area contributed by atoms with E-state index in [9.17, 15) is 0 Å². The maximum Gasteiger partial charge on any atom is 0.231 e. The SMILES string of the molecule is CC1=NNNO1. The second kappa shape index (κ2) is 1.14. The predicted octanol–water partition coefficient (Wildman–Crippen LogP) is -0.641. The van der Waals surface area contributed by atoms with Crippen molar-refractivity contribution in [3.05, 3.63) is 0 Å². The fraction of sp³-hybridized carbons (Fsp3) is 0.500. The molecule has 6 heavy (non-hydrogen) atoms. The third-order valence-corrected chi connectivity index (χ3v) is 0.458.